The van der Waals surface area contributed by atoms with Crippen molar-refractivity contribution < 1.29 is 4.74 Å². The predicted molar refractivity (Wildman–Crippen MR) is 83.5 cm³/mol. The molecule has 1 aromatic carbocycles. The van der Waals surface area contributed by atoms with Gasteiger partial charge in [-0.05, 0) is 43.3 Å². The first kappa shape index (κ1) is 14.9. The van der Waals surface area contributed by atoms with Gasteiger partial charge in [0.25, 0.3) is 0 Å². The molecule has 1 heterocycles. The molecule has 0 aliphatic carbocycles. The lowest BCUT2D eigenvalue weighted by Gasteiger charge is -2.30. The molecule has 0 amide bonds. The van der Waals surface area contributed by atoms with Crippen LogP contribution in [0.3, 0.4) is 0 Å². The molecule has 1 fully saturated rings. The number of hydrogen-bond donors (Lipinski definition) is 0. The van der Waals surface area contributed by atoms with Gasteiger partial charge in [0.2, 0.25) is 0 Å². The standard InChI is InChI=1S/C16H25N3O/c1-3-4-13-20-16-7-5-15(6-8-16)14-17-19-11-9-18(2)10-12-19/h5-8,14H,3-4,9-13H2,1-2H3/b17-14-. The van der Waals surface area contributed by atoms with Crippen molar-refractivity contribution in [2.24, 2.45) is 5.10 Å². The molecule has 0 saturated carbocycles. The summed E-state index contributed by atoms with van der Waals surface area (Å²) in [4.78, 5) is 2.33. The minimum Gasteiger partial charge on any atom is -0.494 e. The molecule has 0 unspecified atom stereocenters. The van der Waals surface area contributed by atoms with Crippen LogP contribution in [0.1, 0.15) is 25.3 Å². The second-order valence-electron chi connectivity index (χ2n) is 5.27. The Bertz CT molecular complexity index is 408. The van der Waals surface area contributed by atoms with Gasteiger partial charge in [-0.2, -0.15) is 5.10 Å². The van der Waals surface area contributed by atoms with E-state index in [9.17, 15) is 0 Å². The third-order valence-electron chi connectivity index (χ3n) is 3.50. The quantitative estimate of drug-likeness (QED) is 0.589. The Hall–Kier alpha value is -1.55. The summed E-state index contributed by atoms with van der Waals surface area (Å²) in [6, 6.07) is 8.14. The van der Waals surface area contributed by atoms with Gasteiger partial charge in [-0.15, -0.1) is 0 Å². The van der Waals surface area contributed by atoms with Crippen LogP contribution in [0, 0.1) is 0 Å². The molecule has 0 atom stereocenters. The summed E-state index contributed by atoms with van der Waals surface area (Å²) in [6.07, 6.45) is 4.20. The lowest BCUT2D eigenvalue weighted by Crippen LogP contribution is -2.41. The van der Waals surface area contributed by atoms with Crippen molar-refractivity contribution in [3.8, 4) is 5.75 Å². The number of unbranched alkanes of at least 4 members (excludes halogenated alkanes) is 1. The second-order valence-corrected chi connectivity index (χ2v) is 5.27. The first-order valence-corrected chi connectivity index (χ1v) is 7.48. The van der Waals surface area contributed by atoms with Crippen molar-refractivity contribution in [2.45, 2.75) is 19.8 Å². The topological polar surface area (TPSA) is 28.1 Å². The van der Waals surface area contributed by atoms with Crippen LogP contribution < -0.4 is 4.74 Å². The van der Waals surface area contributed by atoms with Gasteiger partial charge in [0, 0.05) is 26.2 Å². The van der Waals surface area contributed by atoms with Crippen LogP contribution in [0.5, 0.6) is 5.75 Å². The Balaban J connectivity index is 1.80. The Kier molecular flexibility index (Phi) is 5.87. The number of hydrogen-bond acceptors (Lipinski definition) is 4. The molecule has 0 bridgehead atoms. The van der Waals surface area contributed by atoms with Gasteiger partial charge in [-0.25, -0.2) is 0 Å². The Morgan fingerprint density at radius 2 is 1.85 bits per heavy atom. The molecule has 4 nitrogen and oxygen atoms in total. The van der Waals surface area contributed by atoms with Gasteiger partial charge < -0.3 is 9.64 Å². The molecule has 4 heteroatoms. The maximum Gasteiger partial charge on any atom is 0.119 e. The SMILES string of the molecule is CCCCOc1ccc(/C=N\N2CCN(C)CC2)cc1. The molecule has 0 spiro atoms. The smallest absolute Gasteiger partial charge is 0.119 e. The maximum atomic E-state index is 5.65. The average molecular weight is 275 g/mol. The first-order valence-electron chi connectivity index (χ1n) is 7.48. The molecular weight excluding hydrogens is 250 g/mol. The fourth-order valence-electron chi connectivity index (χ4n) is 2.04. The number of nitrogens with zero attached hydrogens (tertiary/aromatic N) is 3. The summed E-state index contributed by atoms with van der Waals surface area (Å²) in [6.45, 7) is 7.14. The molecule has 20 heavy (non-hydrogen) atoms. The Morgan fingerprint density at radius 1 is 1.15 bits per heavy atom. The number of rotatable bonds is 6. The van der Waals surface area contributed by atoms with Crippen LogP contribution in [0.2, 0.25) is 0 Å². The van der Waals surface area contributed by atoms with E-state index in [1.807, 2.05) is 18.3 Å². The lowest BCUT2D eigenvalue weighted by molar-refractivity contribution is 0.159. The van der Waals surface area contributed by atoms with Crippen LogP contribution in [0.15, 0.2) is 29.4 Å². The van der Waals surface area contributed by atoms with Crippen molar-refractivity contribution in [1.82, 2.24) is 9.91 Å². The lowest BCUT2D eigenvalue weighted by atomic mass is 10.2. The molecule has 2 rings (SSSR count). The highest BCUT2D eigenvalue weighted by atomic mass is 16.5. The van der Waals surface area contributed by atoms with Gasteiger partial charge in [-0.1, -0.05) is 13.3 Å². The fraction of sp³-hybridized carbons (Fsp3) is 0.562. The van der Waals surface area contributed by atoms with E-state index in [-0.39, 0.29) is 0 Å². The van der Waals surface area contributed by atoms with Crippen LogP contribution in [-0.2, 0) is 0 Å². The van der Waals surface area contributed by atoms with Crippen molar-refractivity contribution in [3.63, 3.8) is 0 Å². The summed E-state index contributed by atoms with van der Waals surface area (Å²) in [5.41, 5.74) is 1.12. The van der Waals surface area contributed by atoms with Gasteiger partial charge in [0.1, 0.15) is 5.75 Å². The minimum absolute atomic E-state index is 0.797. The Morgan fingerprint density at radius 3 is 2.50 bits per heavy atom. The molecule has 0 aromatic heterocycles. The third-order valence-corrected chi connectivity index (χ3v) is 3.50. The van der Waals surface area contributed by atoms with Crippen LogP contribution in [-0.4, -0.2) is 56.0 Å². The summed E-state index contributed by atoms with van der Waals surface area (Å²) in [7, 11) is 2.15. The van der Waals surface area contributed by atoms with Crippen LogP contribution in [0.4, 0.5) is 0 Å². The van der Waals surface area contributed by atoms with Crippen LogP contribution in [0.25, 0.3) is 0 Å². The van der Waals surface area contributed by atoms with E-state index in [1.54, 1.807) is 0 Å². The van der Waals surface area contributed by atoms with E-state index in [1.165, 1.54) is 0 Å². The van der Waals surface area contributed by atoms with E-state index in [0.29, 0.717) is 0 Å². The largest absolute Gasteiger partial charge is 0.494 e. The van der Waals surface area contributed by atoms with Crippen molar-refractivity contribution in [2.75, 3.05) is 39.8 Å². The third kappa shape index (κ3) is 4.85. The van der Waals surface area contributed by atoms with Gasteiger partial charge in [0.15, 0.2) is 0 Å². The summed E-state index contributed by atoms with van der Waals surface area (Å²) in [5, 5.41) is 6.66. The molecule has 110 valence electrons. The number of benzene rings is 1. The van der Waals surface area contributed by atoms with Crippen molar-refractivity contribution in [1.29, 1.82) is 0 Å². The van der Waals surface area contributed by atoms with E-state index >= 15 is 0 Å². The maximum absolute atomic E-state index is 5.65. The van der Waals surface area contributed by atoms with Crippen molar-refractivity contribution >= 4 is 6.21 Å². The molecular formula is C16H25N3O. The van der Waals surface area contributed by atoms with Gasteiger partial charge >= 0.3 is 0 Å². The molecule has 0 N–H and O–H groups in total. The highest BCUT2D eigenvalue weighted by Crippen LogP contribution is 2.12. The monoisotopic (exact) mass is 275 g/mol. The highest BCUT2D eigenvalue weighted by Gasteiger charge is 2.10. The van der Waals surface area contributed by atoms with E-state index in [4.69, 9.17) is 4.74 Å². The first-order chi connectivity index (χ1) is 9.78. The highest BCUT2D eigenvalue weighted by molar-refractivity contribution is 5.79. The number of likely N-dealkylation sites (N-methyl/N-ethyl adjacent to an activating group) is 1. The molecule has 0 radical (unpaired) electrons. The number of hydrazone groups is 1. The summed E-state index contributed by atoms with van der Waals surface area (Å²) >= 11 is 0. The van der Waals surface area contributed by atoms with E-state index in [0.717, 1.165) is 56.9 Å². The average Bonchev–Trinajstić information content (AvgIpc) is 2.48. The van der Waals surface area contributed by atoms with Crippen LogP contribution >= 0.6 is 0 Å². The predicted octanol–water partition coefficient (Wildman–Crippen LogP) is 2.45. The molecule has 1 aromatic rings. The summed E-state index contributed by atoms with van der Waals surface area (Å²) < 4.78 is 5.65. The van der Waals surface area contributed by atoms with E-state index in [2.05, 4.69) is 41.1 Å². The molecule has 1 aliphatic rings. The fourth-order valence-corrected chi connectivity index (χ4v) is 2.04. The second kappa shape index (κ2) is 7.90. The zero-order valence-corrected chi connectivity index (χ0v) is 12.6. The summed E-state index contributed by atoms with van der Waals surface area (Å²) in [5.74, 6) is 0.940. The van der Waals surface area contributed by atoms with Gasteiger partial charge in [0.05, 0.1) is 12.8 Å². The van der Waals surface area contributed by atoms with Gasteiger partial charge in [-0.3, -0.25) is 5.01 Å². The number of ether oxygens (including phenoxy) is 1. The normalized spacial score (nSPS) is 16.8. The molecule has 1 aliphatic heterocycles. The zero-order chi connectivity index (χ0) is 14.2. The van der Waals surface area contributed by atoms with Crippen molar-refractivity contribution in [3.05, 3.63) is 29.8 Å². The number of piperazine rings is 1. The minimum atomic E-state index is 0.797. The Labute approximate surface area is 122 Å². The molecule has 1 saturated heterocycles. The zero-order valence-electron chi connectivity index (χ0n) is 12.6. The van der Waals surface area contributed by atoms with E-state index < -0.39 is 0 Å².